The minimum atomic E-state index is 0.774. The second-order valence-corrected chi connectivity index (χ2v) is 5.67. The number of nitrogens with one attached hydrogen (secondary N) is 2. The van der Waals surface area contributed by atoms with Crippen LogP contribution in [0.5, 0.6) is 0 Å². The van der Waals surface area contributed by atoms with Crippen LogP contribution in [-0.4, -0.2) is 41.4 Å². The van der Waals surface area contributed by atoms with Gasteiger partial charge in [0.1, 0.15) is 12.0 Å². The molecule has 0 spiro atoms. The second kappa shape index (κ2) is 6.30. The molecule has 3 heterocycles. The molecule has 2 N–H and O–H groups in total. The van der Waals surface area contributed by atoms with E-state index < -0.39 is 0 Å². The van der Waals surface area contributed by atoms with Gasteiger partial charge in [0.25, 0.3) is 0 Å². The normalized spacial score (nSPS) is 16.6. The Bertz CT molecular complexity index is 568. The minimum Gasteiger partial charge on any atom is -0.469 e. The first-order valence-corrected chi connectivity index (χ1v) is 7.70. The van der Waals surface area contributed by atoms with Gasteiger partial charge in [-0.15, -0.1) is 5.10 Å². The second-order valence-electron chi connectivity index (χ2n) is 5.67. The summed E-state index contributed by atoms with van der Waals surface area (Å²) < 4.78 is 5.32. The largest absolute Gasteiger partial charge is 0.469 e. The summed E-state index contributed by atoms with van der Waals surface area (Å²) in [4.78, 5) is 6.85. The quantitative estimate of drug-likeness (QED) is 0.883. The van der Waals surface area contributed by atoms with E-state index in [1.54, 1.807) is 6.26 Å². The number of anilines is 1. The van der Waals surface area contributed by atoms with Gasteiger partial charge in [0.05, 0.1) is 5.56 Å². The lowest BCUT2D eigenvalue weighted by Crippen LogP contribution is -2.37. The molecule has 0 aromatic carbocycles. The van der Waals surface area contributed by atoms with Crippen LogP contribution in [0.2, 0.25) is 0 Å². The van der Waals surface area contributed by atoms with Crippen LogP contribution in [0.3, 0.4) is 0 Å². The topological polar surface area (TPSA) is 70.0 Å². The van der Waals surface area contributed by atoms with E-state index in [0.717, 1.165) is 55.2 Å². The monoisotopic (exact) mass is 289 g/mol. The van der Waals surface area contributed by atoms with E-state index in [1.807, 2.05) is 13.0 Å². The summed E-state index contributed by atoms with van der Waals surface area (Å²) in [7, 11) is 0. The summed E-state index contributed by atoms with van der Waals surface area (Å²) in [6.07, 6.45) is 4.10. The molecule has 0 aliphatic carbocycles. The van der Waals surface area contributed by atoms with Gasteiger partial charge >= 0.3 is 0 Å². The smallest absolute Gasteiger partial charge is 0.245 e. The Labute approximate surface area is 124 Å². The Morgan fingerprint density at radius 3 is 2.90 bits per heavy atom. The maximum atomic E-state index is 5.32. The molecular weight excluding hydrogens is 266 g/mol. The van der Waals surface area contributed by atoms with E-state index in [0.29, 0.717) is 0 Å². The molecule has 1 saturated heterocycles. The predicted molar refractivity (Wildman–Crippen MR) is 82.3 cm³/mol. The lowest BCUT2D eigenvalue weighted by molar-refractivity contribution is 0.384. The van der Waals surface area contributed by atoms with Crippen molar-refractivity contribution in [3.05, 3.63) is 18.1 Å². The van der Waals surface area contributed by atoms with Crippen LogP contribution < -0.4 is 10.2 Å². The highest BCUT2D eigenvalue weighted by molar-refractivity contribution is 5.55. The molecular formula is C15H23N5O. The average Bonchev–Trinajstić information content (AvgIpc) is 3.14. The van der Waals surface area contributed by atoms with Crippen molar-refractivity contribution in [1.82, 2.24) is 20.5 Å². The molecule has 0 amide bonds. The molecule has 2 aromatic rings. The van der Waals surface area contributed by atoms with Gasteiger partial charge in [0.2, 0.25) is 5.95 Å². The number of rotatable bonds is 5. The summed E-state index contributed by atoms with van der Waals surface area (Å²) in [6, 6.07) is 1.97. The zero-order valence-electron chi connectivity index (χ0n) is 12.7. The first-order chi connectivity index (χ1) is 10.3. The number of H-pyrrole nitrogens is 1. The van der Waals surface area contributed by atoms with E-state index in [9.17, 15) is 0 Å². The number of nitrogens with zero attached hydrogens (tertiary/aromatic N) is 3. The molecule has 0 bridgehead atoms. The van der Waals surface area contributed by atoms with E-state index in [4.69, 9.17) is 4.42 Å². The van der Waals surface area contributed by atoms with Crippen LogP contribution in [0, 0.1) is 12.8 Å². The van der Waals surface area contributed by atoms with Crippen LogP contribution in [0.4, 0.5) is 5.95 Å². The third-order valence-corrected chi connectivity index (χ3v) is 4.06. The van der Waals surface area contributed by atoms with Gasteiger partial charge in [0, 0.05) is 13.1 Å². The van der Waals surface area contributed by atoms with E-state index in [1.165, 1.54) is 12.8 Å². The zero-order valence-corrected chi connectivity index (χ0v) is 12.7. The number of aryl methyl sites for hydroxylation is 1. The Kier molecular flexibility index (Phi) is 4.24. The molecule has 1 aliphatic heterocycles. The van der Waals surface area contributed by atoms with Crippen LogP contribution >= 0.6 is 0 Å². The molecule has 2 aromatic heterocycles. The number of hydrogen-bond acceptors (Lipinski definition) is 5. The minimum absolute atomic E-state index is 0.774. The van der Waals surface area contributed by atoms with Crippen molar-refractivity contribution >= 4 is 5.95 Å². The van der Waals surface area contributed by atoms with Crippen LogP contribution in [0.15, 0.2) is 16.7 Å². The number of furan rings is 1. The predicted octanol–water partition coefficient (Wildman–Crippen LogP) is 2.20. The zero-order chi connectivity index (χ0) is 14.7. The van der Waals surface area contributed by atoms with Crippen molar-refractivity contribution in [3.8, 4) is 11.4 Å². The molecule has 0 atom stereocenters. The van der Waals surface area contributed by atoms with Gasteiger partial charge in [-0.1, -0.05) is 6.92 Å². The third-order valence-electron chi connectivity index (χ3n) is 4.06. The van der Waals surface area contributed by atoms with Gasteiger partial charge in [-0.05, 0) is 44.8 Å². The lowest BCUT2D eigenvalue weighted by atomic mass is 9.97. The van der Waals surface area contributed by atoms with E-state index in [2.05, 4.69) is 32.3 Å². The molecule has 6 heteroatoms. The van der Waals surface area contributed by atoms with Gasteiger partial charge in [0.15, 0.2) is 5.82 Å². The molecule has 3 rings (SSSR count). The summed E-state index contributed by atoms with van der Waals surface area (Å²) in [5.41, 5.74) is 0.952. The Morgan fingerprint density at radius 2 is 2.24 bits per heavy atom. The highest BCUT2D eigenvalue weighted by Crippen LogP contribution is 2.23. The Balaban J connectivity index is 1.60. The fraction of sp³-hybridized carbons (Fsp3) is 0.600. The average molecular weight is 289 g/mol. The molecule has 0 saturated carbocycles. The van der Waals surface area contributed by atoms with E-state index in [-0.39, 0.29) is 0 Å². The Hall–Kier alpha value is -1.82. The first kappa shape index (κ1) is 14.1. The highest BCUT2D eigenvalue weighted by atomic mass is 16.3. The molecule has 1 fully saturated rings. The van der Waals surface area contributed by atoms with Gasteiger partial charge in [-0.2, -0.15) is 4.98 Å². The van der Waals surface area contributed by atoms with Gasteiger partial charge < -0.3 is 14.6 Å². The first-order valence-electron chi connectivity index (χ1n) is 7.70. The number of piperidine rings is 1. The van der Waals surface area contributed by atoms with Crippen molar-refractivity contribution in [3.63, 3.8) is 0 Å². The number of hydrogen-bond donors (Lipinski definition) is 2. The molecule has 1 aliphatic rings. The fourth-order valence-electron chi connectivity index (χ4n) is 2.78. The van der Waals surface area contributed by atoms with Gasteiger partial charge in [-0.3, -0.25) is 5.10 Å². The van der Waals surface area contributed by atoms with Crippen molar-refractivity contribution in [2.45, 2.75) is 26.7 Å². The van der Waals surface area contributed by atoms with Crippen molar-refractivity contribution in [2.24, 2.45) is 5.92 Å². The maximum absolute atomic E-state index is 5.32. The summed E-state index contributed by atoms with van der Waals surface area (Å²) in [6.45, 7) is 8.31. The number of aromatic amines is 1. The van der Waals surface area contributed by atoms with Crippen LogP contribution in [0.25, 0.3) is 11.4 Å². The number of aromatic nitrogens is 3. The molecule has 0 radical (unpaired) electrons. The van der Waals surface area contributed by atoms with Crippen LogP contribution in [0.1, 0.15) is 25.5 Å². The van der Waals surface area contributed by atoms with Gasteiger partial charge in [-0.25, -0.2) is 0 Å². The fourth-order valence-corrected chi connectivity index (χ4v) is 2.78. The van der Waals surface area contributed by atoms with Crippen LogP contribution in [-0.2, 0) is 0 Å². The lowest BCUT2D eigenvalue weighted by Gasteiger charge is -2.31. The third kappa shape index (κ3) is 3.26. The summed E-state index contributed by atoms with van der Waals surface area (Å²) in [5, 5.41) is 10.8. The summed E-state index contributed by atoms with van der Waals surface area (Å²) >= 11 is 0. The van der Waals surface area contributed by atoms with Crippen molar-refractivity contribution in [2.75, 3.05) is 31.1 Å². The van der Waals surface area contributed by atoms with E-state index >= 15 is 0 Å². The summed E-state index contributed by atoms with van der Waals surface area (Å²) in [5.74, 6) is 3.23. The van der Waals surface area contributed by atoms with Crippen molar-refractivity contribution in [1.29, 1.82) is 0 Å². The molecule has 21 heavy (non-hydrogen) atoms. The van der Waals surface area contributed by atoms with Crippen molar-refractivity contribution < 1.29 is 4.42 Å². The molecule has 0 unspecified atom stereocenters. The standard InChI is InChI=1S/C15H23N5O/c1-3-16-9-12-4-6-20(7-5-12)15-17-14(18-19-15)13-8-11(2)21-10-13/h8,10,12,16H,3-7,9H2,1-2H3,(H,17,18,19). The molecule has 114 valence electrons. The highest BCUT2D eigenvalue weighted by Gasteiger charge is 2.21. The maximum Gasteiger partial charge on any atom is 0.245 e. The Morgan fingerprint density at radius 1 is 1.43 bits per heavy atom. The molecule has 6 nitrogen and oxygen atoms in total. The SMILES string of the molecule is CCNCC1CCN(c2n[nH]c(-c3coc(C)c3)n2)CC1.